The van der Waals surface area contributed by atoms with Crippen LogP contribution in [-0.2, 0) is 0 Å². The second-order valence-corrected chi connectivity index (χ2v) is 5.20. The lowest BCUT2D eigenvalue weighted by Gasteiger charge is -2.04. The van der Waals surface area contributed by atoms with Crippen LogP contribution in [0.15, 0.2) is 28.2 Å². The van der Waals surface area contributed by atoms with Gasteiger partial charge in [0.05, 0.1) is 6.61 Å². The van der Waals surface area contributed by atoms with E-state index >= 15 is 0 Å². The number of rotatable bonds is 4. The maximum Gasteiger partial charge on any atom is 0.210 e. The zero-order valence-electron chi connectivity index (χ0n) is 8.61. The number of anilines is 2. The Kier molecular flexibility index (Phi) is 3.74. The molecule has 0 amide bonds. The van der Waals surface area contributed by atoms with Crippen molar-refractivity contribution < 1.29 is 4.74 Å². The molecule has 0 aliphatic rings. The van der Waals surface area contributed by atoms with Gasteiger partial charge in [-0.05, 0) is 47.1 Å². The first kappa shape index (κ1) is 11.3. The van der Waals surface area contributed by atoms with Crippen molar-refractivity contribution in [3.8, 4) is 5.75 Å². The minimum absolute atomic E-state index is 0.677. The Morgan fingerprint density at radius 3 is 2.62 bits per heavy atom. The normalized spacial score (nSPS) is 10.1. The highest BCUT2D eigenvalue weighted by Crippen LogP contribution is 2.24. The summed E-state index contributed by atoms with van der Waals surface area (Å²) in [5, 5.41) is 11.7. The molecule has 0 bridgehead atoms. The monoisotopic (exact) mass is 299 g/mol. The molecule has 84 valence electrons. The van der Waals surface area contributed by atoms with Crippen molar-refractivity contribution in [2.24, 2.45) is 0 Å². The molecule has 0 unspecified atom stereocenters. The average molecular weight is 300 g/mol. The first-order valence-corrected chi connectivity index (χ1v) is 6.38. The molecular weight excluding hydrogens is 290 g/mol. The SMILES string of the molecule is CCOc1ccc(Nc2nnc(Br)s2)cc1. The van der Waals surface area contributed by atoms with Crippen LogP contribution in [-0.4, -0.2) is 16.8 Å². The van der Waals surface area contributed by atoms with E-state index in [1.165, 1.54) is 11.3 Å². The van der Waals surface area contributed by atoms with Gasteiger partial charge in [-0.3, -0.25) is 0 Å². The van der Waals surface area contributed by atoms with Gasteiger partial charge in [0, 0.05) is 5.69 Å². The number of hydrogen-bond donors (Lipinski definition) is 1. The Morgan fingerprint density at radius 2 is 2.06 bits per heavy atom. The first-order valence-electron chi connectivity index (χ1n) is 4.77. The van der Waals surface area contributed by atoms with E-state index in [4.69, 9.17) is 4.74 Å². The van der Waals surface area contributed by atoms with E-state index in [2.05, 4.69) is 31.4 Å². The summed E-state index contributed by atoms with van der Waals surface area (Å²) in [4.78, 5) is 0. The van der Waals surface area contributed by atoms with Crippen molar-refractivity contribution in [2.45, 2.75) is 6.92 Å². The van der Waals surface area contributed by atoms with Crippen molar-refractivity contribution in [3.05, 3.63) is 28.2 Å². The predicted molar refractivity (Wildman–Crippen MR) is 68.5 cm³/mol. The van der Waals surface area contributed by atoms with Crippen LogP contribution < -0.4 is 10.1 Å². The van der Waals surface area contributed by atoms with E-state index in [0.29, 0.717) is 6.61 Å². The average Bonchev–Trinajstić information content (AvgIpc) is 2.67. The molecule has 0 spiro atoms. The maximum absolute atomic E-state index is 5.35. The third-order valence-electron chi connectivity index (χ3n) is 1.82. The van der Waals surface area contributed by atoms with Crippen LogP contribution in [0, 0.1) is 0 Å². The quantitative estimate of drug-likeness (QED) is 0.939. The number of halogens is 1. The molecule has 0 radical (unpaired) electrons. The summed E-state index contributed by atoms with van der Waals surface area (Å²) in [5.74, 6) is 0.867. The molecule has 1 aromatic carbocycles. The number of ether oxygens (including phenoxy) is 1. The number of nitrogens with zero attached hydrogens (tertiary/aromatic N) is 2. The van der Waals surface area contributed by atoms with Crippen LogP contribution in [0.5, 0.6) is 5.75 Å². The largest absolute Gasteiger partial charge is 0.494 e. The summed E-state index contributed by atoms with van der Waals surface area (Å²) in [6.45, 7) is 2.64. The highest BCUT2D eigenvalue weighted by molar-refractivity contribution is 9.11. The van der Waals surface area contributed by atoms with Gasteiger partial charge in [-0.1, -0.05) is 11.3 Å². The Hall–Kier alpha value is -1.14. The number of hydrogen-bond acceptors (Lipinski definition) is 5. The van der Waals surface area contributed by atoms with Gasteiger partial charge in [-0.15, -0.1) is 10.2 Å². The second-order valence-electron chi connectivity index (χ2n) is 2.94. The lowest BCUT2D eigenvalue weighted by Crippen LogP contribution is -1.92. The smallest absolute Gasteiger partial charge is 0.210 e. The molecule has 1 heterocycles. The van der Waals surface area contributed by atoms with E-state index in [9.17, 15) is 0 Å². The molecule has 0 atom stereocenters. The lowest BCUT2D eigenvalue weighted by molar-refractivity contribution is 0.340. The summed E-state index contributed by atoms with van der Waals surface area (Å²) < 4.78 is 6.12. The Labute approximate surface area is 106 Å². The fourth-order valence-electron chi connectivity index (χ4n) is 1.18. The standard InChI is InChI=1S/C10H10BrN3OS/c1-2-15-8-5-3-7(4-6-8)12-10-14-13-9(11)16-10/h3-6H,2H2,1H3,(H,12,14). The van der Waals surface area contributed by atoms with Gasteiger partial charge in [0.1, 0.15) is 5.75 Å². The molecule has 0 aliphatic carbocycles. The van der Waals surface area contributed by atoms with E-state index < -0.39 is 0 Å². The maximum atomic E-state index is 5.35. The summed E-state index contributed by atoms with van der Waals surface area (Å²) in [7, 11) is 0. The Bertz CT molecular complexity index is 457. The fraction of sp³-hybridized carbons (Fsp3) is 0.200. The van der Waals surface area contributed by atoms with Crippen molar-refractivity contribution in [2.75, 3.05) is 11.9 Å². The summed E-state index contributed by atoms with van der Waals surface area (Å²) in [6.07, 6.45) is 0. The van der Waals surface area contributed by atoms with Gasteiger partial charge < -0.3 is 10.1 Å². The van der Waals surface area contributed by atoms with Crippen molar-refractivity contribution in [3.63, 3.8) is 0 Å². The lowest BCUT2D eigenvalue weighted by atomic mass is 10.3. The molecule has 2 aromatic rings. The fourth-order valence-corrected chi connectivity index (χ4v) is 2.21. The van der Waals surface area contributed by atoms with Crippen LogP contribution in [0.2, 0.25) is 0 Å². The summed E-state index contributed by atoms with van der Waals surface area (Å²) >= 11 is 4.71. The van der Waals surface area contributed by atoms with Gasteiger partial charge in [-0.25, -0.2) is 0 Å². The molecular formula is C10H10BrN3OS. The van der Waals surface area contributed by atoms with E-state index in [-0.39, 0.29) is 0 Å². The molecule has 0 fully saturated rings. The number of benzene rings is 1. The number of aromatic nitrogens is 2. The molecule has 1 aromatic heterocycles. The molecule has 6 heteroatoms. The van der Waals surface area contributed by atoms with Crippen molar-refractivity contribution in [1.29, 1.82) is 0 Å². The third kappa shape index (κ3) is 2.93. The Morgan fingerprint density at radius 1 is 1.31 bits per heavy atom. The molecule has 0 saturated heterocycles. The zero-order chi connectivity index (χ0) is 11.4. The minimum Gasteiger partial charge on any atom is -0.494 e. The highest BCUT2D eigenvalue weighted by atomic mass is 79.9. The summed E-state index contributed by atoms with van der Waals surface area (Å²) in [5.41, 5.74) is 0.965. The number of nitrogens with one attached hydrogen (secondary N) is 1. The molecule has 0 saturated carbocycles. The van der Waals surface area contributed by atoms with Crippen LogP contribution >= 0.6 is 27.3 Å². The van der Waals surface area contributed by atoms with Crippen LogP contribution in [0.4, 0.5) is 10.8 Å². The van der Waals surface area contributed by atoms with E-state index in [0.717, 1.165) is 20.5 Å². The van der Waals surface area contributed by atoms with Crippen molar-refractivity contribution >= 4 is 38.1 Å². The minimum atomic E-state index is 0.677. The van der Waals surface area contributed by atoms with Crippen molar-refractivity contribution in [1.82, 2.24) is 10.2 Å². The highest BCUT2D eigenvalue weighted by Gasteiger charge is 2.01. The first-order chi connectivity index (χ1) is 7.78. The van der Waals surface area contributed by atoms with Gasteiger partial charge in [0.2, 0.25) is 5.13 Å². The van der Waals surface area contributed by atoms with Gasteiger partial charge in [0.25, 0.3) is 0 Å². The van der Waals surface area contributed by atoms with E-state index in [1.54, 1.807) is 0 Å². The van der Waals surface area contributed by atoms with Crippen LogP contribution in [0.1, 0.15) is 6.92 Å². The van der Waals surface area contributed by atoms with E-state index in [1.807, 2.05) is 31.2 Å². The zero-order valence-corrected chi connectivity index (χ0v) is 11.0. The van der Waals surface area contributed by atoms with Gasteiger partial charge in [-0.2, -0.15) is 0 Å². The van der Waals surface area contributed by atoms with Crippen LogP contribution in [0.3, 0.4) is 0 Å². The van der Waals surface area contributed by atoms with Crippen LogP contribution in [0.25, 0.3) is 0 Å². The Balaban J connectivity index is 2.05. The topological polar surface area (TPSA) is 47.0 Å². The molecule has 0 aliphatic heterocycles. The van der Waals surface area contributed by atoms with Gasteiger partial charge >= 0.3 is 0 Å². The third-order valence-corrected chi connectivity index (χ3v) is 3.09. The molecule has 2 rings (SSSR count). The second kappa shape index (κ2) is 5.27. The molecule has 4 nitrogen and oxygen atoms in total. The summed E-state index contributed by atoms with van der Waals surface area (Å²) in [6, 6.07) is 7.73. The molecule has 1 N–H and O–H groups in total. The predicted octanol–water partition coefficient (Wildman–Crippen LogP) is 3.44. The van der Waals surface area contributed by atoms with Gasteiger partial charge in [0.15, 0.2) is 3.92 Å². The molecule has 16 heavy (non-hydrogen) atoms.